The minimum atomic E-state index is 0.00796. The number of hydrogen-bond acceptors (Lipinski definition) is 3. The summed E-state index contributed by atoms with van der Waals surface area (Å²) in [7, 11) is 1.94. The van der Waals surface area contributed by atoms with Gasteiger partial charge in [-0.2, -0.15) is 5.10 Å². The van der Waals surface area contributed by atoms with Crippen LogP contribution in [0.15, 0.2) is 12.4 Å². The predicted octanol–water partition coefficient (Wildman–Crippen LogP) is 1.46. The van der Waals surface area contributed by atoms with Gasteiger partial charge in [-0.3, -0.25) is 14.3 Å². The van der Waals surface area contributed by atoms with E-state index in [1.54, 1.807) is 0 Å². The Labute approximate surface area is 149 Å². The zero-order valence-electron chi connectivity index (χ0n) is 15.1. The molecule has 0 aromatic carbocycles. The van der Waals surface area contributed by atoms with Crippen LogP contribution in [0.1, 0.15) is 37.7 Å². The van der Waals surface area contributed by atoms with Gasteiger partial charge in [-0.05, 0) is 50.0 Å². The standard InChI is InChI=1S/C19H28N4O2/c1-21-11-15(10-20-21)9-14-6-8-23(12-14)19(25)17-3-2-7-22(13-17)18(24)16-4-5-16/h10-11,14,16-17H,2-9,12-13H2,1H3/t14-,17-/m0/s1. The third kappa shape index (κ3) is 3.72. The van der Waals surface area contributed by atoms with E-state index in [0.29, 0.717) is 12.5 Å². The van der Waals surface area contributed by atoms with Crippen molar-refractivity contribution < 1.29 is 9.59 Å². The molecule has 1 saturated carbocycles. The van der Waals surface area contributed by atoms with Crippen molar-refractivity contribution in [3.8, 4) is 0 Å². The number of nitrogens with zero attached hydrogens (tertiary/aromatic N) is 4. The number of aryl methyl sites for hydroxylation is 1. The van der Waals surface area contributed by atoms with Crippen molar-refractivity contribution in [3.63, 3.8) is 0 Å². The fourth-order valence-corrected chi connectivity index (χ4v) is 4.34. The van der Waals surface area contributed by atoms with Crippen molar-refractivity contribution in [2.24, 2.45) is 24.8 Å². The van der Waals surface area contributed by atoms with Crippen LogP contribution in [0.2, 0.25) is 0 Å². The summed E-state index contributed by atoms with van der Waals surface area (Å²) in [5.41, 5.74) is 1.25. The highest BCUT2D eigenvalue weighted by atomic mass is 16.2. The van der Waals surface area contributed by atoms with E-state index in [4.69, 9.17) is 0 Å². The molecule has 0 N–H and O–H groups in total. The fourth-order valence-electron chi connectivity index (χ4n) is 4.34. The molecule has 2 saturated heterocycles. The number of aromatic nitrogens is 2. The van der Waals surface area contributed by atoms with Gasteiger partial charge in [0.25, 0.3) is 0 Å². The van der Waals surface area contributed by atoms with Gasteiger partial charge in [0.05, 0.1) is 12.1 Å². The Morgan fingerprint density at radius 1 is 1.04 bits per heavy atom. The average Bonchev–Trinajstić information content (AvgIpc) is 3.24. The Hall–Kier alpha value is -1.85. The summed E-state index contributed by atoms with van der Waals surface area (Å²) in [5, 5.41) is 4.23. The molecule has 3 aliphatic rings. The molecule has 6 heteroatoms. The lowest BCUT2D eigenvalue weighted by Gasteiger charge is -2.34. The van der Waals surface area contributed by atoms with Crippen LogP contribution in [0.5, 0.6) is 0 Å². The third-order valence-electron chi connectivity index (χ3n) is 5.89. The molecule has 6 nitrogen and oxygen atoms in total. The number of piperidine rings is 1. The van der Waals surface area contributed by atoms with E-state index in [1.807, 2.05) is 27.7 Å². The highest BCUT2D eigenvalue weighted by Gasteiger charge is 2.38. The SMILES string of the molecule is Cn1cc(C[C@@H]2CCN(C(=O)[C@H]3CCCN(C(=O)C4CC4)C3)C2)cn1. The first-order valence-corrected chi connectivity index (χ1v) is 9.65. The summed E-state index contributed by atoms with van der Waals surface area (Å²) in [4.78, 5) is 29.2. The Bertz CT molecular complexity index is 652. The second-order valence-corrected chi connectivity index (χ2v) is 8.06. The zero-order chi connectivity index (χ0) is 17.4. The van der Waals surface area contributed by atoms with Crippen LogP contribution in [-0.2, 0) is 23.1 Å². The molecule has 2 amide bonds. The van der Waals surface area contributed by atoms with E-state index in [9.17, 15) is 9.59 Å². The normalized spacial score (nSPS) is 26.9. The van der Waals surface area contributed by atoms with Crippen LogP contribution in [0, 0.1) is 17.8 Å². The van der Waals surface area contributed by atoms with Gasteiger partial charge in [0, 0.05) is 45.3 Å². The molecule has 0 spiro atoms. The maximum Gasteiger partial charge on any atom is 0.227 e. The molecular formula is C19H28N4O2. The van der Waals surface area contributed by atoms with Gasteiger partial charge < -0.3 is 9.80 Å². The van der Waals surface area contributed by atoms with Crippen molar-refractivity contribution in [3.05, 3.63) is 18.0 Å². The highest BCUT2D eigenvalue weighted by molar-refractivity contribution is 5.83. The first-order valence-electron chi connectivity index (χ1n) is 9.65. The maximum absolute atomic E-state index is 12.9. The molecule has 2 aliphatic heterocycles. The number of amides is 2. The molecule has 4 rings (SSSR count). The van der Waals surface area contributed by atoms with Crippen LogP contribution < -0.4 is 0 Å². The Morgan fingerprint density at radius 2 is 1.80 bits per heavy atom. The smallest absolute Gasteiger partial charge is 0.227 e. The lowest BCUT2D eigenvalue weighted by Crippen LogP contribution is -2.46. The van der Waals surface area contributed by atoms with Crippen molar-refractivity contribution in [1.29, 1.82) is 0 Å². The second kappa shape index (κ2) is 6.81. The van der Waals surface area contributed by atoms with Gasteiger partial charge >= 0.3 is 0 Å². The van der Waals surface area contributed by atoms with Gasteiger partial charge in [-0.1, -0.05) is 0 Å². The molecule has 25 heavy (non-hydrogen) atoms. The van der Waals surface area contributed by atoms with Gasteiger partial charge in [-0.15, -0.1) is 0 Å². The van der Waals surface area contributed by atoms with E-state index in [0.717, 1.165) is 58.2 Å². The number of rotatable bonds is 4. The number of carbonyl (C=O) groups is 2. The average molecular weight is 344 g/mol. The lowest BCUT2D eigenvalue weighted by atomic mass is 9.96. The lowest BCUT2D eigenvalue weighted by molar-refractivity contribution is -0.140. The fraction of sp³-hybridized carbons (Fsp3) is 0.737. The Morgan fingerprint density at radius 3 is 2.52 bits per heavy atom. The molecule has 1 aromatic heterocycles. The molecule has 3 fully saturated rings. The van der Waals surface area contributed by atoms with Gasteiger partial charge in [0.2, 0.25) is 11.8 Å². The number of hydrogen-bond donors (Lipinski definition) is 0. The first-order chi connectivity index (χ1) is 12.1. The summed E-state index contributed by atoms with van der Waals surface area (Å²) < 4.78 is 1.83. The molecule has 2 atom stereocenters. The third-order valence-corrected chi connectivity index (χ3v) is 5.89. The predicted molar refractivity (Wildman–Crippen MR) is 93.6 cm³/mol. The number of likely N-dealkylation sites (tertiary alicyclic amines) is 2. The van der Waals surface area contributed by atoms with Gasteiger partial charge in [-0.25, -0.2) is 0 Å². The number of carbonyl (C=O) groups excluding carboxylic acids is 2. The van der Waals surface area contributed by atoms with Crippen molar-refractivity contribution >= 4 is 11.8 Å². The molecule has 1 aliphatic carbocycles. The zero-order valence-corrected chi connectivity index (χ0v) is 15.1. The molecular weight excluding hydrogens is 316 g/mol. The second-order valence-electron chi connectivity index (χ2n) is 8.06. The summed E-state index contributed by atoms with van der Waals surface area (Å²) in [5.74, 6) is 1.34. The summed E-state index contributed by atoms with van der Waals surface area (Å²) in [6.45, 7) is 3.18. The van der Waals surface area contributed by atoms with E-state index in [2.05, 4.69) is 11.3 Å². The van der Waals surface area contributed by atoms with Crippen molar-refractivity contribution in [2.45, 2.75) is 38.5 Å². The Kier molecular flexibility index (Phi) is 4.52. The van der Waals surface area contributed by atoms with Crippen molar-refractivity contribution in [1.82, 2.24) is 19.6 Å². The highest BCUT2D eigenvalue weighted by Crippen LogP contribution is 2.33. The largest absolute Gasteiger partial charge is 0.342 e. The summed E-state index contributed by atoms with van der Waals surface area (Å²) >= 11 is 0. The van der Waals surface area contributed by atoms with Gasteiger partial charge in [0.15, 0.2) is 0 Å². The summed E-state index contributed by atoms with van der Waals surface area (Å²) in [6, 6.07) is 0. The van der Waals surface area contributed by atoms with Gasteiger partial charge in [0.1, 0.15) is 0 Å². The topological polar surface area (TPSA) is 58.4 Å². The van der Waals surface area contributed by atoms with E-state index in [1.165, 1.54) is 5.56 Å². The maximum atomic E-state index is 12.9. The minimum Gasteiger partial charge on any atom is -0.342 e. The first kappa shape index (κ1) is 16.6. The summed E-state index contributed by atoms with van der Waals surface area (Å²) in [6.07, 6.45) is 10.0. The molecule has 3 heterocycles. The van der Waals surface area contributed by atoms with Crippen LogP contribution in [0.3, 0.4) is 0 Å². The quantitative estimate of drug-likeness (QED) is 0.831. The molecule has 1 aromatic rings. The van der Waals surface area contributed by atoms with E-state index < -0.39 is 0 Å². The van der Waals surface area contributed by atoms with Crippen LogP contribution in [0.25, 0.3) is 0 Å². The van der Waals surface area contributed by atoms with Crippen LogP contribution in [0.4, 0.5) is 0 Å². The van der Waals surface area contributed by atoms with Crippen molar-refractivity contribution in [2.75, 3.05) is 26.2 Å². The monoisotopic (exact) mass is 344 g/mol. The molecule has 0 radical (unpaired) electrons. The van der Waals surface area contributed by atoms with Crippen LogP contribution >= 0.6 is 0 Å². The molecule has 0 bridgehead atoms. The minimum absolute atomic E-state index is 0.00796. The van der Waals surface area contributed by atoms with E-state index >= 15 is 0 Å². The Balaban J connectivity index is 1.31. The van der Waals surface area contributed by atoms with E-state index in [-0.39, 0.29) is 23.7 Å². The molecule has 0 unspecified atom stereocenters. The van der Waals surface area contributed by atoms with Crippen LogP contribution in [-0.4, -0.2) is 57.6 Å². The molecule has 136 valence electrons.